The van der Waals surface area contributed by atoms with Crippen molar-refractivity contribution >= 4 is 17.9 Å². The average Bonchev–Trinajstić information content (AvgIpc) is 3.37. The normalized spacial score (nSPS) is 12.2. The van der Waals surface area contributed by atoms with E-state index in [1.54, 1.807) is 0 Å². The summed E-state index contributed by atoms with van der Waals surface area (Å²) in [6, 6.07) is 0. The van der Waals surface area contributed by atoms with E-state index in [2.05, 4.69) is 57.2 Å². The van der Waals surface area contributed by atoms with Gasteiger partial charge in [-0.05, 0) is 77.0 Å². The highest BCUT2D eigenvalue weighted by Gasteiger charge is 2.19. The molecule has 1 unspecified atom stereocenters. The first-order valence-electron chi connectivity index (χ1n) is 31.5. The standard InChI is InChI=1S/C65H120O6/c1-4-7-10-13-16-18-20-22-23-24-25-26-27-28-29-30-31-32-33-34-35-36-37-38-39-40-41-43-44-46-49-52-55-58-64(67)70-61-62(60-69-63(66)57-54-51-48-15-12-9-6-3)71-65(68)59-56-53-50-47-45-42-21-19-17-14-11-8-5-2/h19-22,24-25,62H,4-18,23,26-61H2,1-3H3/b21-19-,22-20-,25-24-. The second-order valence-electron chi connectivity index (χ2n) is 21.3. The minimum atomic E-state index is -0.770. The molecule has 0 N–H and O–H groups in total. The van der Waals surface area contributed by atoms with Gasteiger partial charge in [-0.1, -0.05) is 282 Å². The molecule has 0 saturated heterocycles. The Balaban J connectivity index is 3.93. The number of hydrogen-bond donors (Lipinski definition) is 0. The van der Waals surface area contributed by atoms with E-state index in [0.717, 1.165) is 70.6 Å². The molecule has 0 aromatic carbocycles. The van der Waals surface area contributed by atoms with Gasteiger partial charge in [0.15, 0.2) is 6.10 Å². The monoisotopic (exact) mass is 997 g/mol. The highest BCUT2D eigenvalue weighted by molar-refractivity contribution is 5.71. The maximum atomic E-state index is 12.8. The zero-order valence-corrected chi connectivity index (χ0v) is 47.8. The van der Waals surface area contributed by atoms with Crippen LogP contribution in [0, 0.1) is 0 Å². The van der Waals surface area contributed by atoms with E-state index < -0.39 is 6.10 Å². The van der Waals surface area contributed by atoms with E-state index in [1.807, 2.05) is 0 Å². The maximum absolute atomic E-state index is 12.8. The number of carbonyl (C=O) groups excluding carboxylic acids is 3. The fraction of sp³-hybridized carbons (Fsp3) is 0.862. The summed E-state index contributed by atoms with van der Waals surface area (Å²) in [6.45, 7) is 6.60. The Labute approximate surface area is 442 Å². The fourth-order valence-corrected chi connectivity index (χ4v) is 9.35. The minimum Gasteiger partial charge on any atom is -0.462 e. The smallest absolute Gasteiger partial charge is 0.306 e. The summed E-state index contributed by atoms with van der Waals surface area (Å²) in [5.41, 5.74) is 0. The van der Waals surface area contributed by atoms with Crippen LogP contribution in [0.25, 0.3) is 0 Å². The first kappa shape index (κ1) is 68.6. The zero-order valence-electron chi connectivity index (χ0n) is 47.8. The lowest BCUT2D eigenvalue weighted by molar-refractivity contribution is -0.167. The molecule has 0 aliphatic heterocycles. The molecule has 0 radical (unpaired) electrons. The molecule has 6 heteroatoms. The van der Waals surface area contributed by atoms with Crippen LogP contribution in [0.4, 0.5) is 0 Å². The minimum absolute atomic E-state index is 0.0708. The molecular weight excluding hydrogens is 877 g/mol. The quantitative estimate of drug-likeness (QED) is 0.0261. The molecule has 0 aliphatic carbocycles. The first-order valence-corrected chi connectivity index (χ1v) is 31.5. The lowest BCUT2D eigenvalue weighted by atomic mass is 10.0. The second kappa shape index (κ2) is 60.2. The van der Waals surface area contributed by atoms with Gasteiger partial charge in [-0.2, -0.15) is 0 Å². The molecule has 0 aliphatic rings. The predicted octanol–water partition coefficient (Wildman–Crippen LogP) is 21.2. The molecule has 0 rings (SSSR count). The first-order chi connectivity index (χ1) is 35.0. The Kier molecular flexibility index (Phi) is 58.2. The molecule has 0 saturated carbocycles. The van der Waals surface area contributed by atoms with Crippen LogP contribution in [-0.2, 0) is 28.6 Å². The van der Waals surface area contributed by atoms with Gasteiger partial charge in [-0.25, -0.2) is 0 Å². The lowest BCUT2D eigenvalue weighted by Crippen LogP contribution is -2.30. The van der Waals surface area contributed by atoms with Crippen molar-refractivity contribution in [1.29, 1.82) is 0 Å². The predicted molar refractivity (Wildman–Crippen MR) is 307 cm³/mol. The van der Waals surface area contributed by atoms with E-state index >= 15 is 0 Å². The van der Waals surface area contributed by atoms with E-state index in [0.29, 0.717) is 19.3 Å². The third-order valence-corrected chi connectivity index (χ3v) is 14.1. The number of carbonyl (C=O) groups is 3. The highest BCUT2D eigenvalue weighted by Crippen LogP contribution is 2.17. The summed E-state index contributed by atoms with van der Waals surface area (Å²) < 4.78 is 16.8. The van der Waals surface area contributed by atoms with Crippen molar-refractivity contribution in [3.63, 3.8) is 0 Å². The van der Waals surface area contributed by atoms with Gasteiger partial charge >= 0.3 is 17.9 Å². The van der Waals surface area contributed by atoms with Crippen LogP contribution < -0.4 is 0 Å². The molecule has 0 heterocycles. The largest absolute Gasteiger partial charge is 0.462 e. The SMILES string of the molecule is CCCCCC/C=C\CCCCCCCC(=O)OC(COC(=O)CCCCCCCCC)COC(=O)CCCCCCCCCCCCCCCCCCCCCCC/C=C\C/C=C\CCCCCCC. The highest BCUT2D eigenvalue weighted by atomic mass is 16.6. The van der Waals surface area contributed by atoms with Gasteiger partial charge in [-0.15, -0.1) is 0 Å². The molecule has 0 spiro atoms. The number of esters is 3. The molecule has 0 aromatic rings. The van der Waals surface area contributed by atoms with Crippen LogP contribution in [0.2, 0.25) is 0 Å². The molecule has 71 heavy (non-hydrogen) atoms. The van der Waals surface area contributed by atoms with Crippen molar-refractivity contribution < 1.29 is 28.6 Å². The van der Waals surface area contributed by atoms with Crippen molar-refractivity contribution in [1.82, 2.24) is 0 Å². The molecule has 6 nitrogen and oxygen atoms in total. The van der Waals surface area contributed by atoms with Crippen LogP contribution >= 0.6 is 0 Å². The molecule has 0 amide bonds. The summed E-state index contributed by atoms with van der Waals surface area (Å²) >= 11 is 0. The van der Waals surface area contributed by atoms with Crippen molar-refractivity contribution in [2.45, 2.75) is 348 Å². The van der Waals surface area contributed by atoms with Gasteiger partial charge in [0.1, 0.15) is 13.2 Å². The zero-order chi connectivity index (χ0) is 51.4. The number of hydrogen-bond acceptors (Lipinski definition) is 6. The van der Waals surface area contributed by atoms with Crippen LogP contribution in [0.15, 0.2) is 36.5 Å². The molecule has 0 aromatic heterocycles. The van der Waals surface area contributed by atoms with E-state index in [9.17, 15) is 14.4 Å². The number of unbranched alkanes of at least 4 members (excludes halogenated alkanes) is 41. The van der Waals surface area contributed by atoms with Crippen LogP contribution in [-0.4, -0.2) is 37.2 Å². The maximum Gasteiger partial charge on any atom is 0.306 e. The number of rotatable bonds is 58. The van der Waals surface area contributed by atoms with Crippen LogP contribution in [0.5, 0.6) is 0 Å². The Bertz CT molecular complexity index is 1190. The molecular formula is C65H120O6. The second-order valence-corrected chi connectivity index (χ2v) is 21.3. The fourth-order valence-electron chi connectivity index (χ4n) is 9.35. The Morgan fingerprint density at radius 2 is 0.507 bits per heavy atom. The van der Waals surface area contributed by atoms with Crippen molar-refractivity contribution in [2.75, 3.05) is 13.2 Å². The van der Waals surface area contributed by atoms with Gasteiger partial charge in [0, 0.05) is 19.3 Å². The average molecular weight is 998 g/mol. The Morgan fingerprint density at radius 3 is 0.803 bits per heavy atom. The summed E-state index contributed by atoms with van der Waals surface area (Å²) in [7, 11) is 0. The van der Waals surface area contributed by atoms with E-state index in [4.69, 9.17) is 14.2 Å². The van der Waals surface area contributed by atoms with Gasteiger partial charge < -0.3 is 14.2 Å². The third kappa shape index (κ3) is 58.4. The van der Waals surface area contributed by atoms with E-state index in [-0.39, 0.29) is 31.1 Å². The van der Waals surface area contributed by atoms with Crippen molar-refractivity contribution in [3.8, 4) is 0 Å². The van der Waals surface area contributed by atoms with Crippen molar-refractivity contribution in [3.05, 3.63) is 36.5 Å². The summed E-state index contributed by atoms with van der Waals surface area (Å²) in [6.07, 6.45) is 73.4. The van der Waals surface area contributed by atoms with Crippen molar-refractivity contribution in [2.24, 2.45) is 0 Å². The van der Waals surface area contributed by atoms with Gasteiger partial charge in [0.25, 0.3) is 0 Å². The van der Waals surface area contributed by atoms with Gasteiger partial charge in [0.2, 0.25) is 0 Å². The van der Waals surface area contributed by atoms with Crippen LogP contribution in [0.1, 0.15) is 342 Å². The topological polar surface area (TPSA) is 78.9 Å². The Morgan fingerprint density at radius 1 is 0.282 bits per heavy atom. The summed E-state index contributed by atoms with van der Waals surface area (Å²) in [5, 5.41) is 0. The molecule has 0 fully saturated rings. The molecule has 416 valence electrons. The molecule has 0 bridgehead atoms. The summed E-state index contributed by atoms with van der Waals surface area (Å²) in [4.78, 5) is 37.9. The third-order valence-electron chi connectivity index (χ3n) is 14.1. The molecule has 1 atom stereocenters. The lowest BCUT2D eigenvalue weighted by Gasteiger charge is -2.18. The van der Waals surface area contributed by atoms with Crippen LogP contribution in [0.3, 0.4) is 0 Å². The van der Waals surface area contributed by atoms with Gasteiger partial charge in [-0.3, -0.25) is 14.4 Å². The Hall–Kier alpha value is -2.37. The number of ether oxygens (including phenoxy) is 3. The van der Waals surface area contributed by atoms with E-state index in [1.165, 1.54) is 231 Å². The number of allylic oxidation sites excluding steroid dienone is 6. The summed E-state index contributed by atoms with van der Waals surface area (Å²) in [5.74, 6) is -0.870. The van der Waals surface area contributed by atoms with Gasteiger partial charge in [0.05, 0.1) is 0 Å².